The van der Waals surface area contributed by atoms with Crippen LogP contribution in [0.3, 0.4) is 0 Å². The van der Waals surface area contributed by atoms with Crippen molar-refractivity contribution in [2.75, 3.05) is 0 Å². The predicted octanol–water partition coefficient (Wildman–Crippen LogP) is 18.1. The van der Waals surface area contributed by atoms with Gasteiger partial charge in [0.2, 0.25) is 0 Å². The van der Waals surface area contributed by atoms with Crippen LogP contribution in [0, 0.1) is 0 Å². The second-order valence-corrected chi connectivity index (χ2v) is 33.2. The van der Waals surface area contributed by atoms with E-state index in [1.54, 1.807) is 0 Å². The summed E-state index contributed by atoms with van der Waals surface area (Å²) in [7, 11) is -4.05. The monoisotopic (exact) mass is 1120 g/mol. The second kappa shape index (κ2) is 22.5. The third-order valence-electron chi connectivity index (χ3n) is 16.3. The number of ether oxygens (including phenoxy) is 1. The normalized spacial score (nSPS) is 17.8. The maximum absolute atomic E-state index is 15.8. The van der Waals surface area contributed by atoms with Crippen LogP contribution in [-0.4, -0.2) is 21.2 Å². The highest BCUT2D eigenvalue weighted by Gasteiger charge is 2.42. The zero-order valence-corrected chi connectivity index (χ0v) is 51.6. The molecule has 398 valence electrons. The van der Waals surface area contributed by atoms with Crippen molar-refractivity contribution in [1.82, 2.24) is 0 Å². The van der Waals surface area contributed by atoms with Crippen molar-refractivity contribution in [2.24, 2.45) is 0 Å². The molecule has 0 saturated carbocycles. The van der Waals surface area contributed by atoms with E-state index in [2.05, 4.69) is 257 Å². The fourth-order valence-electron chi connectivity index (χ4n) is 12.8. The van der Waals surface area contributed by atoms with Crippen molar-refractivity contribution in [2.45, 2.75) is 136 Å². The van der Waals surface area contributed by atoms with Crippen LogP contribution in [0.4, 0.5) is 0 Å². The molecule has 0 radical (unpaired) electrons. The van der Waals surface area contributed by atoms with Gasteiger partial charge in [0, 0.05) is 31.0 Å². The highest BCUT2D eigenvalue weighted by molar-refractivity contribution is 8.01. The van der Waals surface area contributed by atoms with Crippen molar-refractivity contribution in [1.29, 1.82) is 0 Å². The van der Waals surface area contributed by atoms with Crippen LogP contribution in [0.1, 0.15) is 115 Å². The minimum atomic E-state index is -1.35. The summed E-state index contributed by atoms with van der Waals surface area (Å²) in [6.45, 7) is 24.0. The zero-order valence-electron chi connectivity index (χ0n) is 47.3. The highest BCUT2D eigenvalue weighted by Crippen LogP contribution is 2.59. The minimum absolute atomic E-state index is 0.207. The molecule has 0 N–H and O–H groups in total. The molecule has 3 aliphatic rings. The second-order valence-electron chi connectivity index (χ2n) is 23.0. The molecule has 0 saturated heterocycles. The Kier molecular flexibility index (Phi) is 15.4. The Balaban J connectivity index is 1.07. The fraction of sp³-hybridized carbons (Fsp3) is 0.250. The van der Waals surface area contributed by atoms with Gasteiger partial charge in [-0.1, -0.05) is 245 Å². The van der Waals surface area contributed by atoms with Crippen LogP contribution in [0.2, 0.25) is 0 Å². The van der Waals surface area contributed by atoms with Gasteiger partial charge in [0.25, 0.3) is 0 Å². The summed E-state index contributed by atoms with van der Waals surface area (Å²) in [5, 5.41) is 8.29. The van der Waals surface area contributed by atoms with Gasteiger partial charge in [-0.2, -0.15) is 0 Å². The van der Waals surface area contributed by atoms with E-state index in [0.717, 1.165) is 34.1 Å². The molecule has 9 aromatic carbocycles. The highest BCUT2D eigenvalue weighted by atomic mass is 32.2. The quantitative estimate of drug-likeness (QED) is 0.108. The molecule has 7 heteroatoms. The Morgan fingerprint density at radius 1 is 0.430 bits per heavy atom. The van der Waals surface area contributed by atoms with Gasteiger partial charge in [-0.05, 0) is 167 Å². The lowest BCUT2D eigenvalue weighted by Gasteiger charge is -2.39. The molecule has 2 nitrogen and oxygen atoms in total. The van der Waals surface area contributed by atoms with E-state index in [1.807, 2.05) is 11.8 Å². The first-order valence-electron chi connectivity index (χ1n) is 28.5. The molecule has 9 aromatic rings. The third kappa shape index (κ3) is 9.75. The summed E-state index contributed by atoms with van der Waals surface area (Å²) in [6.07, 6.45) is 1.74. The van der Waals surface area contributed by atoms with Crippen molar-refractivity contribution in [3.63, 3.8) is 0 Å². The summed E-state index contributed by atoms with van der Waals surface area (Å²) in [5.41, 5.74) is 15.5. The Hall–Kier alpha value is -5.43. The molecule has 0 bridgehead atoms. The minimum Gasteiger partial charge on any atom is -0.456 e. The van der Waals surface area contributed by atoms with Gasteiger partial charge in [-0.3, -0.25) is 0 Å². The molecule has 6 unspecified atom stereocenters. The van der Waals surface area contributed by atoms with E-state index in [9.17, 15) is 0 Å². The molecule has 0 aromatic heterocycles. The lowest BCUT2D eigenvalue weighted by atomic mass is 9.89. The Bertz CT molecular complexity index is 3780. The number of fused-ring (bicyclic) bond motifs is 6. The summed E-state index contributed by atoms with van der Waals surface area (Å²) < 4.78 is 22.7. The molecular formula is C72H71O2P3S2. The summed E-state index contributed by atoms with van der Waals surface area (Å²) in [4.78, 5) is 4.87. The number of benzene rings is 9. The van der Waals surface area contributed by atoms with E-state index in [1.165, 1.54) is 103 Å². The molecule has 79 heavy (non-hydrogen) atoms. The van der Waals surface area contributed by atoms with Gasteiger partial charge in [-0.15, -0.1) is 0 Å². The molecule has 3 aliphatic heterocycles. The summed E-state index contributed by atoms with van der Waals surface area (Å²) >= 11 is 2.01. The number of hydrogen-bond donors (Lipinski definition) is 0. The average molecular weight is 1130 g/mol. The van der Waals surface area contributed by atoms with Gasteiger partial charge in [-0.25, -0.2) is 4.21 Å². The Morgan fingerprint density at radius 2 is 0.899 bits per heavy atom. The first kappa shape index (κ1) is 54.2. The van der Waals surface area contributed by atoms with Crippen LogP contribution < -0.4 is 36.6 Å². The van der Waals surface area contributed by atoms with E-state index in [0.29, 0.717) is 11.6 Å². The van der Waals surface area contributed by atoms with Gasteiger partial charge in [0.05, 0.1) is 20.6 Å². The molecule has 0 amide bonds. The largest absolute Gasteiger partial charge is 0.456 e. The Morgan fingerprint density at radius 3 is 1.48 bits per heavy atom. The SMILES string of the molecule is CC(C)c1cc(CC(C)P2c3ccccc3Sc3c(CC(C)P4c5ccccc5Oc5ccc(C(C)C)c(-c6ccccc6)c54)cc(C(C)C)c(-c4ccccc4)c32)c2c(c1-c1ccccc1)P(C(C)C)c1ccccc1S2=O. The van der Waals surface area contributed by atoms with E-state index >= 15 is 4.21 Å². The smallest absolute Gasteiger partial charge is 0.136 e. The molecule has 0 aliphatic carbocycles. The van der Waals surface area contributed by atoms with Gasteiger partial charge >= 0.3 is 0 Å². The molecule has 0 spiro atoms. The maximum atomic E-state index is 15.8. The van der Waals surface area contributed by atoms with Gasteiger partial charge in [0.15, 0.2) is 0 Å². The van der Waals surface area contributed by atoms with Gasteiger partial charge in [0.1, 0.15) is 11.5 Å². The topological polar surface area (TPSA) is 26.3 Å². The predicted molar refractivity (Wildman–Crippen MR) is 346 cm³/mol. The van der Waals surface area contributed by atoms with E-state index in [-0.39, 0.29) is 23.2 Å². The zero-order chi connectivity index (χ0) is 54.8. The molecule has 6 atom stereocenters. The summed E-state index contributed by atoms with van der Waals surface area (Å²) in [5.74, 6) is 2.86. The molecular weight excluding hydrogens is 1050 g/mol. The lowest BCUT2D eigenvalue weighted by Crippen LogP contribution is -2.34. The van der Waals surface area contributed by atoms with Crippen molar-refractivity contribution in [3.05, 3.63) is 216 Å². The van der Waals surface area contributed by atoms with Crippen LogP contribution in [0.15, 0.2) is 208 Å². The molecule has 3 heterocycles. The fourth-order valence-corrected chi connectivity index (χ4v) is 25.8. The molecule has 12 rings (SSSR count). The van der Waals surface area contributed by atoms with Gasteiger partial charge < -0.3 is 4.74 Å². The van der Waals surface area contributed by atoms with E-state index < -0.39 is 34.6 Å². The van der Waals surface area contributed by atoms with Crippen LogP contribution >= 0.6 is 35.5 Å². The van der Waals surface area contributed by atoms with Crippen LogP contribution in [0.25, 0.3) is 33.4 Å². The first-order chi connectivity index (χ1) is 38.3. The van der Waals surface area contributed by atoms with Crippen molar-refractivity contribution in [3.8, 4) is 44.9 Å². The maximum Gasteiger partial charge on any atom is 0.136 e. The lowest BCUT2D eigenvalue weighted by molar-refractivity contribution is 0.488. The molecule has 0 fully saturated rings. The Labute approximate surface area is 481 Å². The number of hydrogen-bond acceptors (Lipinski definition) is 3. The van der Waals surface area contributed by atoms with E-state index in [4.69, 9.17) is 4.74 Å². The standard InChI is InChI=1S/C72H71O2P3S2/c1-44(2)55-38-39-59-68(65(55)50-26-14-11-15-27-50)76(60-33-21-20-32-58(60)74-59)48(9)40-53-42-56(45(3)4)66(51-28-16-12-17-29-51)69-71(53)78-63-36-24-22-34-61(63)77(69)49(10)41-54-43-57(46(5)6)67(52-30-18-13-19-31-52)70-72(54)79(73)64-37-25-23-35-62(64)75(70)47(7)8/h11-39,42-49H,40-41H2,1-10H3. The van der Waals surface area contributed by atoms with Crippen molar-refractivity contribution >= 4 is 78.2 Å². The summed E-state index contributed by atoms with van der Waals surface area (Å²) in [6, 6.07) is 70.1. The third-order valence-corrected chi connectivity index (χ3v) is 28.4. The number of rotatable bonds is 13. The number of para-hydroxylation sites is 1. The van der Waals surface area contributed by atoms with Crippen molar-refractivity contribution < 1.29 is 8.95 Å². The van der Waals surface area contributed by atoms with Crippen LogP contribution in [-0.2, 0) is 23.6 Å². The van der Waals surface area contributed by atoms with Crippen LogP contribution in [0.5, 0.6) is 11.5 Å². The average Bonchev–Trinajstić information content (AvgIpc) is 3.56. The first-order valence-corrected chi connectivity index (χ1v) is 34.6.